The van der Waals surface area contributed by atoms with Crippen molar-refractivity contribution in [1.29, 1.82) is 0 Å². The van der Waals surface area contributed by atoms with Crippen LogP contribution in [0, 0.1) is 6.92 Å². The Labute approximate surface area is 93.6 Å². The predicted molar refractivity (Wildman–Crippen MR) is 56.5 cm³/mol. The van der Waals surface area contributed by atoms with E-state index >= 15 is 0 Å². The third kappa shape index (κ3) is 2.21. The molecule has 1 amide bonds. The molecule has 0 unspecified atom stereocenters. The van der Waals surface area contributed by atoms with Crippen LogP contribution in [0.15, 0.2) is 4.52 Å². The quantitative estimate of drug-likeness (QED) is 0.746. The van der Waals surface area contributed by atoms with Crippen LogP contribution >= 0.6 is 0 Å². The van der Waals surface area contributed by atoms with Crippen LogP contribution in [0.4, 0.5) is 0 Å². The van der Waals surface area contributed by atoms with Crippen LogP contribution in [0.25, 0.3) is 0 Å². The lowest BCUT2D eigenvalue weighted by atomic mass is 9.77. The summed E-state index contributed by atoms with van der Waals surface area (Å²) in [6, 6.07) is 0. The van der Waals surface area contributed by atoms with Crippen molar-refractivity contribution in [2.75, 3.05) is 6.54 Å². The molecule has 0 atom stereocenters. The summed E-state index contributed by atoms with van der Waals surface area (Å²) in [4.78, 5) is 15.7. The van der Waals surface area contributed by atoms with Gasteiger partial charge in [0.05, 0.1) is 5.54 Å². The first kappa shape index (κ1) is 11.1. The Morgan fingerprint density at radius 1 is 1.62 bits per heavy atom. The first-order valence-corrected chi connectivity index (χ1v) is 5.46. The van der Waals surface area contributed by atoms with Crippen molar-refractivity contribution in [3.8, 4) is 0 Å². The van der Waals surface area contributed by atoms with Crippen molar-refractivity contribution in [3.05, 3.63) is 11.7 Å². The number of nitrogens with zero attached hydrogens (tertiary/aromatic N) is 2. The van der Waals surface area contributed by atoms with Gasteiger partial charge in [-0.25, -0.2) is 0 Å². The highest BCUT2D eigenvalue weighted by Crippen LogP contribution is 2.28. The van der Waals surface area contributed by atoms with Crippen molar-refractivity contribution in [2.24, 2.45) is 5.73 Å². The molecule has 3 N–H and O–H groups in total. The molecule has 0 bridgehead atoms. The molecule has 2 rings (SSSR count). The lowest BCUT2D eigenvalue weighted by Crippen LogP contribution is -2.58. The van der Waals surface area contributed by atoms with E-state index in [0.717, 1.165) is 19.3 Å². The van der Waals surface area contributed by atoms with E-state index < -0.39 is 5.54 Å². The van der Waals surface area contributed by atoms with E-state index in [9.17, 15) is 4.79 Å². The van der Waals surface area contributed by atoms with Gasteiger partial charge in [-0.1, -0.05) is 5.16 Å². The van der Waals surface area contributed by atoms with E-state index in [-0.39, 0.29) is 5.91 Å². The summed E-state index contributed by atoms with van der Waals surface area (Å²) in [7, 11) is 0. The number of rotatable bonds is 4. The minimum atomic E-state index is -0.632. The lowest BCUT2D eigenvalue weighted by Gasteiger charge is -2.36. The van der Waals surface area contributed by atoms with E-state index in [4.69, 9.17) is 10.3 Å². The highest BCUT2D eigenvalue weighted by Gasteiger charge is 2.39. The molecule has 0 aromatic carbocycles. The summed E-state index contributed by atoms with van der Waals surface area (Å²) >= 11 is 0. The summed E-state index contributed by atoms with van der Waals surface area (Å²) in [6.07, 6.45) is 3.16. The van der Waals surface area contributed by atoms with Crippen LogP contribution in [-0.2, 0) is 11.2 Å². The highest BCUT2D eigenvalue weighted by molar-refractivity contribution is 5.86. The third-order valence-electron chi connectivity index (χ3n) is 2.90. The molecule has 1 aromatic heterocycles. The second kappa shape index (κ2) is 4.21. The average Bonchev–Trinajstić information content (AvgIpc) is 2.60. The van der Waals surface area contributed by atoms with Crippen LogP contribution in [0.2, 0.25) is 0 Å². The second-order valence-electron chi connectivity index (χ2n) is 4.25. The standard InChI is InChI=1S/C10H16N4O2/c1-7-13-8(14-16-7)3-6-12-9(15)10(11)4-2-5-10/h2-6,11H2,1H3,(H,12,15). The Morgan fingerprint density at radius 3 is 2.88 bits per heavy atom. The van der Waals surface area contributed by atoms with E-state index in [1.54, 1.807) is 6.92 Å². The van der Waals surface area contributed by atoms with Gasteiger partial charge in [0.15, 0.2) is 5.82 Å². The monoisotopic (exact) mass is 224 g/mol. The molecule has 1 fully saturated rings. The number of amides is 1. The molecule has 6 heteroatoms. The largest absolute Gasteiger partial charge is 0.354 e. The van der Waals surface area contributed by atoms with Gasteiger partial charge in [-0.3, -0.25) is 4.79 Å². The SMILES string of the molecule is Cc1nc(CCNC(=O)C2(N)CCC2)no1. The molecule has 1 aromatic rings. The van der Waals surface area contributed by atoms with Crippen LogP contribution in [0.5, 0.6) is 0 Å². The molecule has 16 heavy (non-hydrogen) atoms. The summed E-state index contributed by atoms with van der Waals surface area (Å²) in [5.41, 5.74) is 5.24. The number of hydrogen-bond acceptors (Lipinski definition) is 5. The molecular formula is C10H16N4O2. The van der Waals surface area contributed by atoms with E-state index in [2.05, 4.69) is 15.5 Å². The Kier molecular flexibility index (Phi) is 2.91. The molecule has 1 saturated carbocycles. The highest BCUT2D eigenvalue weighted by atomic mass is 16.5. The van der Waals surface area contributed by atoms with Gasteiger partial charge in [-0.15, -0.1) is 0 Å². The number of aromatic nitrogens is 2. The fourth-order valence-electron chi connectivity index (χ4n) is 1.69. The Balaban J connectivity index is 1.74. The van der Waals surface area contributed by atoms with Crippen molar-refractivity contribution < 1.29 is 9.32 Å². The van der Waals surface area contributed by atoms with Gasteiger partial charge in [0, 0.05) is 19.9 Å². The number of aryl methyl sites for hydroxylation is 1. The summed E-state index contributed by atoms with van der Waals surface area (Å²) in [6.45, 7) is 2.23. The van der Waals surface area contributed by atoms with E-state index in [1.165, 1.54) is 0 Å². The maximum atomic E-state index is 11.6. The van der Waals surface area contributed by atoms with E-state index in [0.29, 0.717) is 24.7 Å². The van der Waals surface area contributed by atoms with Crippen LogP contribution in [0.1, 0.15) is 31.0 Å². The molecule has 88 valence electrons. The molecule has 1 aliphatic carbocycles. The second-order valence-corrected chi connectivity index (χ2v) is 4.25. The number of nitrogens with two attached hydrogens (primary N) is 1. The number of hydrogen-bond donors (Lipinski definition) is 2. The van der Waals surface area contributed by atoms with Crippen molar-refractivity contribution >= 4 is 5.91 Å². The molecule has 6 nitrogen and oxygen atoms in total. The molecule has 0 aliphatic heterocycles. The van der Waals surface area contributed by atoms with Crippen LogP contribution in [0.3, 0.4) is 0 Å². The van der Waals surface area contributed by atoms with Crippen molar-refractivity contribution in [1.82, 2.24) is 15.5 Å². The maximum absolute atomic E-state index is 11.6. The summed E-state index contributed by atoms with van der Waals surface area (Å²) < 4.78 is 4.82. The average molecular weight is 224 g/mol. The van der Waals surface area contributed by atoms with Gasteiger partial charge in [-0.2, -0.15) is 4.98 Å². The normalized spacial score (nSPS) is 17.9. The van der Waals surface area contributed by atoms with Crippen molar-refractivity contribution in [2.45, 2.75) is 38.1 Å². The first-order chi connectivity index (χ1) is 7.60. The van der Waals surface area contributed by atoms with Gasteiger partial charge < -0.3 is 15.6 Å². The predicted octanol–water partition coefficient (Wildman–Crippen LogP) is -0.0819. The summed E-state index contributed by atoms with van der Waals surface area (Å²) in [5.74, 6) is 1.08. The smallest absolute Gasteiger partial charge is 0.240 e. The fourth-order valence-corrected chi connectivity index (χ4v) is 1.69. The zero-order valence-electron chi connectivity index (χ0n) is 9.32. The third-order valence-corrected chi connectivity index (χ3v) is 2.90. The Bertz CT molecular complexity index is 384. The zero-order valence-corrected chi connectivity index (χ0v) is 9.32. The fraction of sp³-hybridized carbons (Fsp3) is 0.700. The molecular weight excluding hydrogens is 208 g/mol. The first-order valence-electron chi connectivity index (χ1n) is 5.46. The number of carbonyl (C=O) groups is 1. The van der Waals surface area contributed by atoms with Gasteiger partial charge in [0.2, 0.25) is 11.8 Å². The van der Waals surface area contributed by atoms with Crippen LogP contribution in [-0.4, -0.2) is 28.1 Å². The zero-order chi connectivity index (χ0) is 11.6. The Morgan fingerprint density at radius 2 is 2.38 bits per heavy atom. The molecule has 1 aliphatic rings. The minimum Gasteiger partial charge on any atom is -0.354 e. The molecule has 0 saturated heterocycles. The number of nitrogens with one attached hydrogen (secondary N) is 1. The van der Waals surface area contributed by atoms with E-state index in [1.807, 2.05) is 0 Å². The van der Waals surface area contributed by atoms with Gasteiger partial charge in [0.1, 0.15) is 0 Å². The Hall–Kier alpha value is -1.43. The van der Waals surface area contributed by atoms with Crippen LogP contribution < -0.4 is 11.1 Å². The summed E-state index contributed by atoms with van der Waals surface area (Å²) in [5, 5.41) is 6.54. The maximum Gasteiger partial charge on any atom is 0.240 e. The van der Waals surface area contributed by atoms with Gasteiger partial charge in [-0.05, 0) is 19.3 Å². The van der Waals surface area contributed by atoms with Crippen molar-refractivity contribution in [3.63, 3.8) is 0 Å². The topological polar surface area (TPSA) is 94.0 Å². The van der Waals surface area contributed by atoms with Gasteiger partial charge >= 0.3 is 0 Å². The molecule has 0 radical (unpaired) electrons. The number of carbonyl (C=O) groups excluding carboxylic acids is 1. The minimum absolute atomic E-state index is 0.0704. The molecule has 0 spiro atoms. The molecule has 1 heterocycles. The lowest BCUT2D eigenvalue weighted by molar-refractivity contribution is -0.129. The van der Waals surface area contributed by atoms with Gasteiger partial charge in [0.25, 0.3) is 0 Å².